The second-order valence-corrected chi connectivity index (χ2v) is 11.8. The zero-order chi connectivity index (χ0) is 27.8. The fourth-order valence-corrected chi connectivity index (χ4v) is 5.79. The van der Waals surface area contributed by atoms with E-state index in [-0.39, 0.29) is 10.8 Å². The Morgan fingerprint density at radius 1 is 1.11 bits per heavy atom. The molecule has 2 atom stereocenters. The summed E-state index contributed by atoms with van der Waals surface area (Å²) < 4.78 is 0. The van der Waals surface area contributed by atoms with Crippen molar-refractivity contribution >= 4 is 16.5 Å². The predicted molar refractivity (Wildman–Crippen MR) is 168 cm³/mol. The van der Waals surface area contributed by atoms with E-state index in [9.17, 15) is 0 Å². The molecule has 0 aromatic heterocycles. The van der Waals surface area contributed by atoms with Crippen LogP contribution in [0.5, 0.6) is 0 Å². The molecule has 38 heavy (non-hydrogen) atoms. The first kappa shape index (κ1) is 29.5. The number of allylic oxidation sites excluding steroid dienone is 11. The van der Waals surface area contributed by atoms with E-state index in [2.05, 4.69) is 144 Å². The van der Waals surface area contributed by atoms with Crippen molar-refractivity contribution < 1.29 is 5.32 Å². The second-order valence-electron chi connectivity index (χ2n) is 11.8. The third-order valence-electron chi connectivity index (χ3n) is 8.37. The first-order chi connectivity index (χ1) is 18.2. The molecule has 1 aliphatic rings. The maximum atomic E-state index is 3.92. The van der Waals surface area contributed by atoms with E-state index in [1.165, 1.54) is 33.3 Å². The summed E-state index contributed by atoms with van der Waals surface area (Å²) in [6.07, 6.45) is 21.9. The molecular formula is C36H49N2+. The van der Waals surface area contributed by atoms with Crippen LogP contribution in [0.2, 0.25) is 0 Å². The molecule has 0 saturated carbocycles. The fraction of sp³-hybridized carbons (Fsp3) is 0.389. The van der Waals surface area contributed by atoms with Crippen LogP contribution < -0.4 is 10.6 Å². The number of quaternary nitrogens is 1. The Kier molecular flexibility index (Phi) is 10.2. The van der Waals surface area contributed by atoms with Gasteiger partial charge < -0.3 is 10.6 Å². The van der Waals surface area contributed by atoms with Gasteiger partial charge in [0.25, 0.3) is 0 Å². The van der Waals surface area contributed by atoms with Gasteiger partial charge in [-0.1, -0.05) is 121 Å². The summed E-state index contributed by atoms with van der Waals surface area (Å²) in [5, 5.41) is 8.62. The largest absolute Gasteiger partial charge is 0.391 e. The highest BCUT2D eigenvalue weighted by molar-refractivity contribution is 5.89. The summed E-state index contributed by atoms with van der Waals surface area (Å²) in [6, 6.07) is 13.4. The second kappa shape index (κ2) is 13.1. The molecule has 0 aliphatic heterocycles. The lowest BCUT2D eigenvalue weighted by Gasteiger charge is -2.39. The van der Waals surface area contributed by atoms with E-state index < -0.39 is 0 Å². The normalized spacial score (nSPS) is 18.4. The smallest absolute Gasteiger partial charge is 0.133 e. The van der Waals surface area contributed by atoms with Gasteiger partial charge in [-0.2, -0.15) is 0 Å². The van der Waals surface area contributed by atoms with Gasteiger partial charge in [-0.25, -0.2) is 0 Å². The Hall–Kier alpha value is -3.10. The molecule has 3 N–H and O–H groups in total. The van der Waals surface area contributed by atoms with Crippen LogP contribution in [0.15, 0.2) is 109 Å². The molecule has 0 bridgehead atoms. The number of nitrogens with two attached hydrogens (primary N) is 1. The summed E-state index contributed by atoms with van der Waals surface area (Å²) in [7, 11) is 2.04. The molecule has 2 aromatic rings. The summed E-state index contributed by atoms with van der Waals surface area (Å²) in [5.74, 6) is 0.766. The zero-order valence-corrected chi connectivity index (χ0v) is 24.7. The average molecular weight is 510 g/mol. The lowest BCUT2D eigenvalue weighted by molar-refractivity contribution is -0.572. The van der Waals surface area contributed by atoms with Gasteiger partial charge in [-0.3, -0.25) is 0 Å². The van der Waals surface area contributed by atoms with Crippen LogP contribution in [0.3, 0.4) is 0 Å². The minimum Gasteiger partial charge on any atom is -0.391 e. The monoisotopic (exact) mass is 509 g/mol. The third-order valence-corrected chi connectivity index (χ3v) is 8.37. The van der Waals surface area contributed by atoms with Crippen LogP contribution in [0.25, 0.3) is 10.8 Å². The average Bonchev–Trinajstić information content (AvgIpc) is 2.91. The van der Waals surface area contributed by atoms with Crippen molar-refractivity contribution in [3.8, 4) is 0 Å². The molecule has 0 heterocycles. The number of benzene rings is 2. The van der Waals surface area contributed by atoms with Gasteiger partial charge in [0.1, 0.15) is 5.69 Å². The maximum Gasteiger partial charge on any atom is 0.133 e. The van der Waals surface area contributed by atoms with E-state index in [1.807, 2.05) is 13.1 Å². The van der Waals surface area contributed by atoms with Crippen LogP contribution >= 0.6 is 0 Å². The number of fused-ring (bicyclic) bond motifs is 1. The van der Waals surface area contributed by atoms with Crippen molar-refractivity contribution in [2.75, 3.05) is 13.6 Å². The maximum absolute atomic E-state index is 3.92. The van der Waals surface area contributed by atoms with Gasteiger partial charge in [0.2, 0.25) is 0 Å². The minimum absolute atomic E-state index is 0.0109. The van der Waals surface area contributed by atoms with Crippen molar-refractivity contribution in [1.29, 1.82) is 0 Å². The Balaban J connectivity index is 1.85. The van der Waals surface area contributed by atoms with Gasteiger partial charge >= 0.3 is 0 Å². The number of nitrogens with one attached hydrogen (secondary N) is 1. The summed E-state index contributed by atoms with van der Waals surface area (Å²) in [4.78, 5) is 0. The van der Waals surface area contributed by atoms with E-state index in [0.717, 1.165) is 19.4 Å². The molecule has 202 valence electrons. The number of hydrogen-bond acceptors (Lipinski definition) is 1. The fourth-order valence-electron chi connectivity index (χ4n) is 5.79. The van der Waals surface area contributed by atoms with Crippen LogP contribution in [0.4, 0.5) is 5.69 Å². The van der Waals surface area contributed by atoms with Gasteiger partial charge in [-0.15, -0.1) is 0 Å². The van der Waals surface area contributed by atoms with E-state index in [0.29, 0.717) is 11.8 Å². The molecule has 2 nitrogen and oxygen atoms in total. The van der Waals surface area contributed by atoms with Crippen LogP contribution in [0.1, 0.15) is 59.9 Å². The molecule has 1 aliphatic carbocycles. The quantitative estimate of drug-likeness (QED) is 0.219. The lowest BCUT2D eigenvalue weighted by atomic mass is 9.67. The molecule has 0 fully saturated rings. The summed E-state index contributed by atoms with van der Waals surface area (Å²) in [6.45, 7) is 19.1. The van der Waals surface area contributed by atoms with Crippen molar-refractivity contribution in [3.05, 3.63) is 114 Å². The Bertz CT molecular complexity index is 1250. The number of hydrogen-bond donors (Lipinski definition) is 2. The van der Waals surface area contributed by atoms with Crippen LogP contribution in [-0.4, -0.2) is 13.6 Å². The molecule has 0 spiro atoms. The topological polar surface area (TPSA) is 28.6 Å². The molecule has 0 saturated heterocycles. The van der Waals surface area contributed by atoms with Crippen molar-refractivity contribution in [2.24, 2.45) is 17.3 Å². The first-order valence-corrected chi connectivity index (χ1v) is 14.2. The first-order valence-electron chi connectivity index (χ1n) is 14.2. The van der Waals surface area contributed by atoms with E-state index in [4.69, 9.17) is 0 Å². The van der Waals surface area contributed by atoms with Gasteiger partial charge in [0, 0.05) is 29.6 Å². The summed E-state index contributed by atoms with van der Waals surface area (Å²) in [5.41, 5.74) is 5.38. The number of rotatable bonds is 12. The van der Waals surface area contributed by atoms with Crippen molar-refractivity contribution in [3.63, 3.8) is 0 Å². The molecule has 0 amide bonds. The minimum atomic E-state index is -0.0348. The van der Waals surface area contributed by atoms with Crippen molar-refractivity contribution in [2.45, 2.75) is 59.8 Å². The molecule has 0 radical (unpaired) electrons. The molecule has 2 heteroatoms. The lowest BCUT2D eigenvalue weighted by Crippen LogP contribution is -2.78. The molecular weight excluding hydrogens is 460 g/mol. The molecule has 2 unspecified atom stereocenters. The highest BCUT2D eigenvalue weighted by Gasteiger charge is 2.35. The van der Waals surface area contributed by atoms with Gasteiger partial charge in [-0.05, 0) is 58.7 Å². The highest BCUT2D eigenvalue weighted by Crippen LogP contribution is 2.42. The molecule has 3 rings (SSSR count). The standard InChI is InChI=1S/C36H48N2/c1-9-17-28-18-11-13-20-30(28)27(3)36(6,7)33(37-8)22-15-16-25-35(4,5)34-31-21-14-12-19-29(31)23-24-32(34)38-26-10-2/h9,11-24,27,30,37-38H,1,10,25-26H2,2-8H3/p+1/b16-15+,28-17-,33-22+. The Morgan fingerprint density at radius 3 is 2.58 bits per heavy atom. The van der Waals surface area contributed by atoms with E-state index in [1.54, 1.807) is 0 Å². The van der Waals surface area contributed by atoms with Gasteiger partial charge in [0.05, 0.1) is 6.54 Å². The third kappa shape index (κ3) is 6.66. The van der Waals surface area contributed by atoms with Gasteiger partial charge in [0.15, 0.2) is 0 Å². The predicted octanol–water partition coefficient (Wildman–Crippen LogP) is 8.29. The molecule has 2 aromatic carbocycles. The van der Waals surface area contributed by atoms with Crippen molar-refractivity contribution in [1.82, 2.24) is 5.32 Å². The van der Waals surface area contributed by atoms with Crippen LogP contribution in [0, 0.1) is 17.3 Å². The van der Waals surface area contributed by atoms with E-state index >= 15 is 0 Å². The zero-order valence-electron chi connectivity index (χ0n) is 24.7. The summed E-state index contributed by atoms with van der Waals surface area (Å²) >= 11 is 0. The van der Waals surface area contributed by atoms with Crippen LogP contribution in [-0.2, 0) is 5.41 Å². The Morgan fingerprint density at radius 2 is 1.87 bits per heavy atom. The highest BCUT2D eigenvalue weighted by atomic mass is 14.9. The SMILES string of the molecule is C=C/C=C1/C=CC=CC1C(C)C(C)(C)/C(=C\C=C\CC(C)(C)c1c([NH2+]CCC)ccc2ccccc12)NC. The Labute approximate surface area is 232 Å².